The molecule has 1 aromatic carbocycles. The average molecular weight is 215 g/mol. The lowest BCUT2D eigenvalue weighted by Crippen LogP contribution is -2.15. The second-order valence-electron chi connectivity index (χ2n) is 4.91. The molecule has 1 heteroatoms. The van der Waals surface area contributed by atoms with Crippen LogP contribution in [0.5, 0.6) is 0 Å². The van der Waals surface area contributed by atoms with E-state index in [-0.39, 0.29) is 0 Å². The Bertz CT molecular complexity index is 359. The SMILES string of the molecule is Cc1cc(C)cc(NCC2CC=CCC2)c1. The van der Waals surface area contributed by atoms with Crippen LogP contribution in [-0.4, -0.2) is 6.54 Å². The van der Waals surface area contributed by atoms with Gasteiger partial charge in [-0.1, -0.05) is 18.2 Å². The predicted octanol–water partition coefficient (Wildman–Crippen LogP) is 4.07. The number of benzene rings is 1. The quantitative estimate of drug-likeness (QED) is 0.749. The van der Waals surface area contributed by atoms with Crippen molar-refractivity contribution in [2.24, 2.45) is 5.92 Å². The van der Waals surface area contributed by atoms with Crippen molar-refractivity contribution in [3.8, 4) is 0 Å². The van der Waals surface area contributed by atoms with Crippen LogP contribution < -0.4 is 5.32 Å². The summed E-state index contributed by atoms with van der Waals surface area (Å²) in [5, 5.41) is 3.56. The van der Waals surface area contributed by atoms with Gasteiger partial charge in [0.05, 0.1) is 0 Å². The van der Waals surface area contributed by atoms with Gasteiger partial charge in [-0.15, -0.1) is 0 Å². The number of allylic oxidation sites excluding steroid dienone is 2. The Kier molecular flexibility index (Phi) is 3.66. The number of aryl methyl sites for hydroxylation is 2. The van der Waals surface area contributed by atoms with Crippen molar-refractivity contribution >= 4 is 5.69 Å². The first-order valence-corrected chi connectivity index (χ1v) is 6.21. The minimum absolute atomic E-state index is 0.811. The average Bonchev–Trinajstić information content (AvgIpc) is 2.27. The lowest BCUT2D eigenvalue weighted by atomic mass is 9.94. The normalized spacial score (nSPS) is 19.8. The third kappa shape index (κ3) is 3.13. The first kappa shape index (κ1) is 11.3. The van der Waals surface area contributed by atoms with E-state index in [1.54, 1.807) is 0 Å². The fraction of sp³-hybridized carbons (Fsp3) is 0.467. The third-order valence-electron chi connectivity index (χ3n) is 3.19. The number of anilines is 1. The van der Waals surface area contributed by atoms with E-state index >= 15 is 0 Å². The highest BCUT2D eigenvalue weighted by Gasteiger charge is 2.09. The summed E-state index contributed by atoms with van der Waals surface area (Å²) in [6, 6.07) is 6.67. The van der Waals surface area contributed by atoms with Gasteiger partial charge in [0.15, 0.2) is 0 Å². The molecule has 16 heavy (non-hydrogen) atoms. The minimum atomic E-state index is 0.811. The van der Waals surface area contributed by atoms with Gasteiger partial charge >= 0.3 is 0 Å². The standard InChI is InChI=1S/C15H21N/c1-12-8-13(2)10-15(9-12)16-11-14-6-4-3-5-7-14/h3-4,8-10,14,16H,5-7,11H2,1-2H3. The van der Waals surface area contributed by atoms with Gasteiger partial charge in [-0.05, 0) is 62.3 Å². The van der Waals surface area contributed by atoms with Gasteiger partial charge in [-0.3, -0.25) is 0 Å². The number of hydrogen-bond donors (Lipinski definition) is 1. The van der Waals surface area contributed by atoms with E-state index in [0.29, 0.717) is 0 Å². The molecule has 0 saturated heterocycles. The van der Waals surface area contributed by atoms with Crippen molar-refractivity contribution in [1.82, 2.24) is 0 Å². The number of nitrogens with one attached hydrogen (secondary N) is 1. The van der Waals surface area contributed by atoms with E-state index in [0.717, 1.165) is 12.5 Å². The van der Waals surface area contributed by atoms with Crippen LogP contribution in [0.25, 0.3) is 0 Å². The molecule has 0 amide bonds. The van der Waals surface area contributed by atoms with Crippen LogP contribution in [0.15, 0.2) is 30.4 Å². The van der Waals surface area contributed by atoms with Crippen molar-refractivity contribution in [3.05, 3.63) is 41.5 Å². The summed E-state index contributed by atoms with van der Waals surface area (Å²) in [6.45, 7) is 5.41. The molecule has 0 radical (unpaired) electrons. The highest BCUT2D eigenvalue weighted by molar-refractivity contribution is 5.48. The van der Waals surface area contributed by atoms with Crippen molar-refractivity contribution in [1.29, 1.82) is 0 Å². The van der Waals surface area contributed by atoms with Crippen LogP contribution in [0.1, 0.15) is 30.4 Å². The fourth-order valence-electron chi connectivity index (χ4n) is 2.38. The maximum Gasteiger partial charge on any atom is 0.0345 e. The topological polar surface area (TPSA) is 12.0 Å². The highest BCUT2D eigenvalue weighted by Crippen LogP contribution is 2.20. The molecule has 0 aromatic heterocycles. The van der Waals surface area contributed by atoms with Crippen LogP contribution >= 0.6 is 0 Å². The lowest BCUT2D eigenvalue weighted by Gasteiger charge is -2.19. The Labute approximate surface area is 98.6 Å². The molecule has 0 spiro atoms. The maximum absolute atomic E-state index is 3.56. The molecule has 1 atom stereocenters. The van der Waals surface area contributed by atoms with Gasteiger partial charge in [0, 0.05) is 12.2 Å². The summed E-state index contributed by atoms with van der Waals surface area (Å²) in [7, 11) is 0. The second kappa shape index (κ2) is 5.20. The summed E-state index contributed by atoms with van der Waals surface area (Å²) in [5.74, 6) is 0.811. The monoisotopic (exact) mass is 215 g/mol. The van der Waals surface area contributed by atoms with Gasteiger partial charge in [0.1, 0.15) is 0 Å². The molecule has 0 saturated carbocycles. The molecule has 1 nitrogen and oxygen atoms in total. The third-order valence-corrected chi connectivity index (χ3v) is 3.19. The van der Waals surface area contributed by atoms with Crippen LogP contribution in [0.2, 0.25) is 0 Å². The van der Waals surface area contributed by atoms with Gasteiger partial charge in [0.2, 0.25) is 0 Å². The van der Waals surface area contributed by atoms with Gasteiger partial charge < -0.3 is 5.32 Å². The van der Waals surface area contributed by atoms with Crippen LogP contribution in [-0.2, 0) is 0 Å². The zero-order valence-electron chi connectivity index (χ0n) is 10.3. The first-order chi connectivity index (χ1) is 7.74. The van der Waals surface area contributed by atoms with Crippen LogP contribution in [0.4, 0.5) is 5.69 Å². The summed E-state index contributed by atoms with van der Waals surface area (Å²) >= 11 is 0. The summed E-state index contributed by atoms with van der Waals surface area (Å²) in [6.07, 6.45) is 8.43. The van der Waals surface area contributed by atoms with E-state index in [1.165, 1.54) is 36.1 Å². The van der Waals surface area contributed by atoms with Gasteiger partial charge in [0.25, 0.3) is 0 Å². The van der Waals surface area contributed by atoms with Crippen molar-refractivity contribution in [2.45, 2.75) is 33.1 Å². The molecular formula is C15H21N. The summed E-state index contributed by atoms with van der Waals surface area (Å²) in [5.41, 5.74) is 3.95. The minimum Gasteiger partial charge on any atom is -0.385 e. The van der Waals surface area contributed by atoms with E-state index < -0.39 is 0 Å². The molecule has 1 N–H and O–H groups in total. The van der Waals surface area contributed by atoms with Gasteiger partial charge in [-0.2, -0.15) is 0 Å². The highest BCUT2D eigenvalue weighted by atomic mass is 14.9. The number of rotatable bonds is 3. The van der Waals surface area contributed by atoms with E-state index in [4.69, 9.17) is 0 Å². The second-order valence-corrected chi connectivity index (χ2v) is 4.91. The van der Waals surface area contributed by atoms with Crippen molar-refractivity contribution < 1.29 is 0 Å². The lowest BCUT2D eigenvalue weighted by molar-refractivity contribution is 0.504. The molecule has 0 heterocycles. The zero-order chi connectivity index (χ0) is 11.4. The van der Waals surface area contributed by atoms with Crippen molar-refractivity contribution in [2.75, 3.05) is 11.9 Å². The predicted molar refractivity (Wildman–Crippen MR) is 70.9 cm³/mol. The Hall–Kier alpha value is -1.24. The molecular weight excluding hydrogens is 194 g/mol. The zero-order valence-corrected chi connectivity index (χ0v) is 10.3. The Morgan fingerprint density at radius 3 is 2.50 bits per heavy atom. The summed E-state index contributed by atoms with van der Waals surface area (Å²) in [4.78, 5) is 0. The molecule has 0 fully saturated rings. The molecule has 1 unspecified atom stereocenters. The van der Waals surface area contributed by atoms with E-state index in [9.17, 15) is 0 Å². The maximum atomic E-state index is 3.56. The molecule has 0 aliphatic heterocycles. The molecule has 2 rings (SSSR count). The van der Waals surface area contributed by atoms with E-state index in [2.05, 4.69) is 49.5 Å². The van der Waals surface area contributed by atoms with Crippen LogP contribution in [0.3, 0.4) is 0 Å². The smallest absolute Gasteiger partial charge is 0.0345 e. The Morgan fingerprint density at radius 2 is 1.88 bits per heavy atom. The van der Waals surface area contributed by atoms with Gasteiger partial charge in [-0.25, -0.2) is 0 Å². The molecule has 1 aromatic rings. The van der Waals surface area contributed by atoms with E-state index in [1.807, 2.05) is 0 Å². The first-order valence-electron chi connectivity index (χ1n) is 6.21. The molecule has 1 aliphatic rings. The van der Waals surface area contributed by atoms with Crippen LogP contribution in [0, 0.1) is 19.8 Å². The molecule has 0 bridgehead atoms. The Balaban J connectivity index is 1.91. The number of hydrogen-bond acceptors (Lipinski definition) is 1. The summed E-state index contributed by atoms with van der Waals surface area (Å²) < 4.78 is 0. The molecule has 86 valence electrons. The largest absolute Gasteiger partial charge is 0.385 e. The fourth-order valence-corrected chi connectivity index (χ4v) is 2.38. The Morgan fingerprint density at radius 1 is 1.12 bits per heavy atom. The molecule has 1 aliphatic carbocycles. The van der Waals surface area contributed by atoms with Crippen molar-refractivity contribution in [3.63, 3.8) is 0 Å².